The molecule has 4 nitrogen and oxygen atoms in total. The molecule has 3 heterocycles. The number of aromatic nitrogens is 2. The maximum Gasteiger partial charge on any atom is 0.342 e. The van der Waals surface area contributed by atoms with Crippen LogP contribution < -0.4 is 9.47 Å². The first-order valence-corrected chi connectivity index (χ1v) is 8.11. The summed E-state index contributed by atoms with van der Waals surface area (Å²) >= 11 is 1.77. The van der Waals surface area contributed by atoms with Gasteiger partial charge >= 0.3 is 5.13 Å². The molecule has 0 bridgehead atoms. The zero-order chi connectivity index (χ0) is 15.2. The lowest BCUT2D eigenvalue weighted by atomic mass is 9.98. The molecule has 0 unspecified atom stereocenters. The molecule has 2 aromatic heterocycles. The van der Waals surface area contributed by atoms with Crippen molar-refractivity contribution in [3.63, 3.8) is 0 Å². The average Bonchev–Trinajstić information content (AvgIpc) is 3.10. The summed E-state index contributed by atoms with van der Waals surface area (Å²) in [6, 6.07) is 4.31. The van der Waals surface area contributed by atoms with E-state index in [1.165, 1.54) is 10.8 Å². The molecule has 0 aromatic carbocycles. The molecular weight excluding hydrogens is 280 g/mol. The lowest BCUT2D eigenvalue weighted by Crippen LogP contribution is -2.48. The van der Waals surface area contributed by atoms with Crippen LogP contribution in [-0.4, -0.2) is 15.6 Å². The molecule has 3 rings (SSSR count). The van der Waals surface area contributed by atoms with Crippen molar-refractivity contribution in [1.82, 2.24) is 9.47 Å². The van der Waals surface area contributed by atoms with Gasteiger partial charge in [-0.3, -0.25) is 0 Å². The topological polar surface area (TPSA) is 15.3 Å². The van der Waals surface area contributed by atoms with E-state index in [1.807, 2.05) is 0 Å². The van der Waals surface area contributed by atoms with Crippen molar-refractivity contribution in [2.75, 3.05) is 4.90 Å². The maximum atomic E-state index is 2.42. The van der Waals surface area contributed by atoms with Gasteiger partial charge in [0.15, 0.2) is 6.17 Å². The fourth-order valence-corrected chi connectivity index (χ4v) is 4.13. The third-order valence-corrected chi connectivity index (χ3v) is 5.36. The van der Waals surface area contributed by atoms with Crippen molar-refractivity contribution < 1.29 is 4.57 Å². The highest BCUT2D eigenvalue weighted by atomic mass is 32.1. The summed E-state index contributed by atoms with van der Waals surface area (Å²) in [5.41, 5.74) is 1.26. The first-order valence-electron chi connectivity index (χ1n) is 7.23. The Bertz CT molecular complexity index is 667. The molecule has 0 spiro atoms. The number of hydrogen-bond donors (Lipinski definition) is 0. The van der Waals surface area contributed by atoms with E-state index >= 15 is 0 Å². The van der Waals surface area contributed by atoms with E-state index in [2.05, 4.69) is 96.1 Å². The van der Waals surface area contributed by atoms with Gasteiger partial charge in [-0.2, -0.15) is 0 Å². The number of hydrogen-bond acceptors (Lipinski definition) is 3. The minimum absolute atomic E-state index is 0.0568. The normalized spacial score (nSPS) is 18.8. The number of rotatable bonds is 3. The Labute approximate surface area is 130 Å². The van der Waals surface area contributed by atoms with Gasteiger partial charge in [0.2, 0.25) is 0 Å². The van der Waals surface area contributed by atoms with Crippen LogP contribution in [0, 0.1) is 0 Å². The molecule has 0 aliphatic carbocycles. The van der Waals surface area contributed by atoms with Crippen LogP contribution >= 0.6 is 11.3 Å². The Morgan fingerprint density at radius 2 is 2.05 bits per heavy atom. The van der Waals surface area contributed by atoms with Gasteiger partial charge in [-0.05, 0) is 32.9 Å². The Balaban J connectivity index is 1.91. The highest BCUT2D eigenvalue weighted by Crippen LogP contribution is 2.35. The zero-order valence-corrected chi connectivity index (χ0v) is 14.1. The zero-order valence-electron chi connectivity index (χ0n) is 13.3. The molecule has 1 atom stereocenters. The molecule has 0 N–H and O–H groups in total. The van der Waals surface area contributed by atoms with Crippen molar-refractivity contribution in [3.05, 3.63) is 48.0 Å². The first kappa shape index (κ1) is 14.2. The van der Waals surface area contributed by atoms with Crippen LogP contribution in [0.3, 0.4) is 0 Å². The second-order valence-corrected chi connectivity index (χ2v) is 6.98. The summed E-state index contributed by atoms with van der Waals surface area (Å²) in [4.78, 5) is 4.75. The summed E-state index contributed by atoms with van der Waals surface area (Å²) in [5, 5.41) is 3.38. The number of aryl methyl sites for hydroxylation is 2. The summed E-state index contributed by atoms with van der Waals surface area (Å²) in [6.45, 7) is 6.81. The summed E-state index contributed by atoms with van der Waals surface area (Å²) in [6.07, 6.45) is 8.89. The third kappa shape index (κ3) is 2.16. The van der Waals surface area contributed by atoms with Gasteiger partial charge < -0.3 is 9.47 Å². The molecule has 5 heteroatoms. The molecule has 0 saturated heterocycles. The minimum Gasteiger partial charge on any atom is -0.352 e. The van der Waals surface area contributed by atoms with E-state index in [0.29, 0.717) is 6.17 Å². The third-order valence-electron chi connectivity index (χ3n) is 4.39. The second-order valence-electron chi connectivity index (χ2n) is 6.10. The fraction of sp³-hybridized carbons (Fsp3) is 0.438. The van der Waals surface area contributed by atoms with Gasteiger partial charge in [-0.1, -0.05) is 11.3 Å². The highest BCUT2D eigenvalue weighted by molar-refractivity contribution is 7.13. The van der Waals surface area contributed by atoms with Crippen LogP contribution in [0.5, 0.6) is 0 Å². The summed E-state index contributed by atoms with van der Waals surface area (Å²) < 4.78 is 4.37. The number of anilines is 1. The minimum atomic E-state index is -0.0568. The van der Waals surface area contributed by atoms with Crippen LogP contribution in [0.4, 0.5) is 5.13 Å². The van der Waals surface area contributed by atoms with Crippen molar-refractivity contribution in [2.45, 2.75) is 32.5 Å². The van der Waals surface area contributed by atoms with Crippen molar-refractivity contribution in [2.24, 2.45) is 14.1 Å². The lowest BCUT2D eigenvalue weighted by Gasteiger charge is -2.39. The average molecular weight is 303 g/mol. The quantitative estimate of drug-likeness (QED) is 0.810. The molecule has 1 aliphatic heterocycles. The first-order chi connectivity index (χ1) is 9.93. The standard InChI is InChI=1S/C16H23N4S/c1-13-19(15-18(5)11-12-21-15)9-10-20(13)16(2,3)14-7-6-8-17(14)4/h6-13H,1-5H3/q+1/t13-/m1/s1. The van der Waals surface area contributed by atoms with Gasteiger partial charge in [0.1, 0.15) is 12.4 Å². The molecule has 0 radical (unpaired) electrons. The predicted octanol–water partition coefficient (Wildman–Crippen LogP) is 2.79. The number of thiazole rings is 1. The Hall–Kier alpha value is -1.75. The molecule has 112 valence electrons. The molecular formula is C16H23N4S+. The molecule has 21 heavy (non-hydrogen) atoms. The SMILES string of the molecule is C[C@@H]1N(c2scc[n+]2C)C=CN1C(C)(C)c1cccn1C. The van der Waals surface area contributed by atoms with Gasteiger partial charge in [0.25, 0.3) is 0 Å². The van der Waals surface area contributed by atoms with Crippen LogP contribution in [-0.2, 0) is 19.6 Å². The number of nitrogens with zero attached hydrogens (tertiary/aromatic N) is 4. The summed E-state index contributed by atoms with van der Waals surface area (Å²) in [7, 11) is 4.20. The van der Waals surface area contributed by atoms with Gasteiger partial charge in [0, 0.05) is 30.5 Å². The predicted molar refractivity (Wildman–Crippen MR) is 86.9 cm³/mol. The van der Waals surface area contributed by atoms with Gasteiger partial charge in [0.05, 0.1) is 12.6 Å². The van der Waals surface area contributed by atoms with Crippen molar-refractivity contribution in [3.8, 4) is 0 Å². The van der Waals surface area contributed by atoms with E-state index < -0.39 is 0 Å². The molecule has 2 aromatic rings. The monoisotopic (exact) mass is 303 g/mol. The molecule has 1 aliphatic rings. The van der Waals surface area contributed by atoms with E-state index in [4.69, 9.17) is 0 Å². The smallest absolute Gasteiger partial charge is 0.342 e. The molecule has 0 amide bonds. The van der Waals surface area contributed by atoms with Gasteiger partial charge in [-0.15, -0.1) is 0 Å². The van der Waals surface area contributed by atoms with E-state index in [1.54, 1.807) is 11.3 Å². The Morgan fingerprint density at radius 1 is 1.29 bits per heavy atom. The van der Waals surface area contributed by atoms with Crippen molar-refractivity contribution in [1.29, 1.82) is 0 Å². The van der Waals surface area contributed by atoms with E-state index in [-0.39, 0.29) is 5.54 Å². The Kier molecular flexibility index (Phi) is 3.32. The molecule has 0 fully saturated rings. The second kappa shape index (κ2) is 4.91. The van der Waals surface area contributed by atoms with Crippen LogP contribution in [0.25, 0.3) is 0 Å². The van der Waals surface area contributed by atoms with E-state index in [0.717, 1.165) is 0 Å². The van der Waals surface area contributed by atoms with Crippen molar-refractivity contribution >= 4 is 16.5 Å². The lowest BCUT2D eigenvalue weighted by molar-refractivity contribution is -0.654. The van der Waals surface area contributed by atoms with Crippen LogP contribution in [0.2, 0.25) is 0 Å². The summed E-state index contributed by atoms with van der Waals surface area (Å²) in [5.74, 6) is 0. The Morgan fingerprint density at radius 3 is 2.62 bits per heavy atom. The molecule has 0 saturated carbocycles. The van der Waals surface area contributed by atoms with Crippen LogP contribution in [0.15, 0.2) is 42.3 Å². The highest BCUT2D eigenvalue weighted by Gasteiger charge is 2.41. The van der Waals surface area contributed by atoms with Gasteiger partial charge in [-0.25, -0.2) is 9.47 Å². The largest absolute Gasteiger partial charge is 0.352 e. The van der Waals surface area contributed by atoms with E-state index in [9.17, 15) is 0 Å². The fourth-order valence-electron chi connectivity index (χ4n) is 3.21. The van der Waals surface area contributed by atoms with Crippen LogP contribution in [0.1, 0.15) is 26.5 Å². The maximum absolute atomic E-state index is 2.42.